The number of fused-ring (bicyclic) bond motifs is 1. The first-order valence-corrected chi connectivity index (χ1v) is 14.9. The van der Waals surface area contributed by atoms with Crippen LogP contribution in [0, 0.1) is 0 Å². The predicted molar refractivity (Wildman–Crippen MR) is 177 cm³/mol. The monoisotopic (exact) mass is 642 g/mol. The van der Waals surface area contributed by atoms with Gasteiger partial charge >= 0.3 is 0 Å². The van der Waals surface area contributed by atoms with Gasteiger partial charge in [-0.15, -0.1) is 0 Å². The molecule has 1 atom stereocenters. The fourth-order valence-corrected chi connectivity index (χ4v) is 5.37. The lowest BCUT2D eigenvalue weighted by Gasteiger charge is -2.28. The molecule has 11 heteroatoms. The Bertz CT molecular complexity index is 1700. The van der Waals surface area contributed by atoms with Crippen LogP contribution in [-0.4, -0.2) is 55.8 Å². The van der Waals surface area contributed by atoms with Gasteiger partial charge in [-0.25, -0.2) is 0 Å². The molecule has 246 valence electrons. The largest absolute Gasteiger partial charge is 0.496 e. The Morgan fingerprint density at radius 3 is 1.98 bits per heavy atom. The first kappa shape index (κ1) is 33.1. The van der Waals surface area contributed by atoms with E-state index in [1.54, 1.807) is 42.5 Å². The lowest BCUT2D eigenvalue weighted by atomic mass is 10.0. The van der Waals surface area contributed by atoms with E-state index in [0.29, 0.717) is 51.0 Å². The highest BCUT2D eigenvalue weighted by Crippen LogP contribution is 2.39. The summed E-state index contributed by atoms with van der Waals surface area (Å²) in [7, 11) is 4.59. The number of carbonyl (C=O) groups excluding carboxylic acids is 1. The molecule has 11 nitrogen and oxygen atoms in total. The number of aliphatic hydroxyl groups excluding tert-OH is 3. The molecule has 47 heavy (non-hydrogen) atoms. The van der Waals surface area contributed by atoms with Crippen LogP contribution < -0.4 is 34.3 Å². The Hall–Kier alpha value is -5.23. The van der Waals surface area contributed by atoms with Crippen molar-refractivity contribution in [2.24, 2.45) is 0 Å². The second-order valence-electron chi connectivity index (χ2n) is 10.6. The maximum Gasteiger partial charge on any atom is 0.255 e. The number of nitrogens with one attached hydrogen (secondary N) is 2. The highest BCUT2D eigenvalue weighted by Gasteiger charge is 2.25. The number of anilines is 1. The molecule has 0 aromatic heterocycles. The van der Waals surface area contributed by atoms with Crippen LogP contribution in [0.15, 0.2) is 66.7 Å². The molecule has 1 unspecified atom stereocenters. The van der Waals surface area contributed by atoms with Gasteiger partial charge in [0, 0.05) is 16.8 Å². The number of hydrogen-bond acceptors (Lipinski definition) is 10. The smallest absolute Gasteiger partial charge is 0.255 e. The van der Waals surface area contributed by atoms with E-state index in [9.17, 15) is 20.1 Å². The Morgan fingerprint density at radius 1 is 0.681 bits per heavy atom. The van der Waals surface area contributed by atoms with Crippen molar-refractivity contribution in [3.63, 3.8) is 0 Å². The number of ether oxygens (including phenoxy) is 5. The highest BCUT2D eigenvalue weighted by molar-refractivity contribution is 6.01. The topological polar surface area (TPSA) is 148 Å². The molecule has 1 amide bonds. The molecule has 0 saturated carbocycles. The molecule has 0 radical (unpaired) electrons. The van der Waals surface area contributed by atoms with Crippen LogP contribution in [0.25, 0.3) is 12.2 Å². The molecule has 4 aromatic rings. The average Bonchev–Trinajstić information content (AvgIpc) is 3.11. The summed E-state index contributed by atoms with van der Waals surface area (Å²) < 4.78 is 28.6. The normalized spacial score (nSPS) is 13.8. The van der Waals surface area contributed by atoms with Crippen molar-refractivity contribution in [3.05, 3.63) is 106 Å². The Balaban J connectivity index is 1.24. The van der Waals surface area contributed by atoms with Crippen LogP contribution in [0.4, 0.5) is 5.69 Å². The van der Waals surface area contributed by atoms with Gasteiger partial charge in [0.2, 0.25) is 5.75 Å². The van der Waals surface area contributed by atoms with Gasteiger partial charge in [-0.05, 0) is 70.8 Å². The molecule has 0 bridgehead atoms. The zero-order chi connectivity index (χ0) is 33.3. The maximum absolute atomic E-state index is 12.6. The standard InChI is InChI=1S/C36H38N2O9/c1-43-31-15-22(14-25(19-39)28(31)21-41)8-9-23-16-32(44-2)34(33(17-23)45-3)47-13-12-46-30-11-10-24(18-26(30)20-40)35-37-29-7-5-4-6-27(29)36(42)38-35/h4-11,14-18,35,37,39-41H,12-13,19-21H2,1-3H3,(H,38,42)/b9-8-. The molecule has 0 spiro atoms. The number of benzene rings is 4. The van der Waals surface area contributed by atoms with Gasteiger partial charge in [-0.3, -0.25) is 4.79 Å². The maximum atomic E-state index is 12.6. The molecule has 0 fully saturated rings. The Morgan fingerprint density at radius 2 is 1.32 bits per heavy atom. The zero-order valence-electron chi connectivity index (χ0n) is 26.4. The summed E-state index contributed by atoms with van der Waals surface area (Å²) >= 11 is 0. The minimum Gasteiger partial charge on any atom is -0.496 e. The van der Waals surface area contributed by atoms with E-state index in [0.717, 1.165) is 22.4 Å². The van der Waals surface area contributed by atoms with Crippen LogP contribution in [0.2, 0.25) is 0 Å². The molecule has 5 N–H and O–H groups in total. The molecule has 5 rings (SSSR count). The van der Waals surface area contributed by atoms with Crippen LogP contribution in [0.5, 0.6) is 28.7 Å². The minimum atomic E-state index is -0.453. The summed E-state index contributed by atoms with van der Waals surface area (Å²) in [4.78, 5) is 12.6. The van der Waals surface area contributed by atoms with Gasteiger partial charge in [0.1, 0.15) is 30.9 Å². The number of aliphatic hydroxyl groups is 3. The lowest BCUT2D eigenvalue weighted by Crippen LogP contribution is -2.38. The summed E-state index contributed by atoms with van der Waals surface area (Å²) in [5.41, 5.74) is 5.34. The molecule has 4 aromatic carbocycles. The average molecular weight is 643 g/mol. The van der Waals surface area contributed by atoms with E-state index in [4.69, 9.17) is 23.7 Å². The number of hydrogen-bond donors (Lipinski definition) is 5. The molecule has 1 heterocycles. The van der Waals surface area contributed by atoms with Gasteiger partial charge in [0.05, 0.1) is 46.7 Å². The van der Waals surface area contributed by atoms with Gasteiger partial charge < -0.3 is 49.6 Å². The third-order valence-corrected chi connectivity index (χ3v) is 7.75. The third kappa shape index (κ3) is 7.44. The second kappa shape index (κ2) is 15.4. The van der Waals surface area contributed by atoms with Crippen LogP contribution in [0.3, 0.4) is 0 Å². The van der Waals surface area contributed by atoms with E-state index in [1.807, 2.05) is 36.4 Å². The molecular weight excluding hydrogens is 604 g/mol. The van der Waals surface area contributed by atoms with Gasteiger partial charge in [-0.1, -0.05) is 30.4 Å². The highest BCUT2D eigenvalue weighted by atomic mass is 16.6. The first-order chi connectivity index (χ1) is 22.9. The quantitative estimate of drug-likeness (QED) is 0.0971. The van der Waals surface area contributed by atoms with Gasteiger partial charge in [0.25, 0.3) is 5.91 Å². The molecule has 1 aliphatic rings. The number of amides is 1. The van der Waals surface area contributed by atoms with Crippen molar-refractivity contribution in [2.45, 2.75) is 26.0 Å². The fourth-order valence-electron chi connectivity index (χ4n) is 5.37. The minimum absolute atomic E-state index is 0.159. The molecule has 0 saturated heterocycles. The summed E-state index contributed by atoms with van der Waals surface area (Å²) in [6.07, 6.45) is 3.26. The van der Waals surface area contributed by atoms with Gasteiger partial charge in [-0.2, -0.15) is 0 Å². The van der Waals surface area contributed by atoms with Crippen LogP contribution in [0.1, 0.15) is 49.9 Å². The predicted octanol–water partition coefficient (Wildman–Crippen LogP) is 4.67. The SMILES string of the molecule is COc1cc(/C=C\c2cc(OC)c(OCCOc3ccc(C4NC(=O)c5ccccc5N4)cc3CO)c(OC)c2)cc(CO)c1CO. The third-order valence-electron chi connectivity index (χ3n) is 7.75. The summed E-state index contributed by atoms with van der Waals surface area (Å²) in [6.45, 7) is -0.395. The zero-order valence-corrected chi connectivity index (χ0v) is 26.4. The van der Waals surface area contributed by atoms with Crippen molar-refractivity contribution in [1.82, 2.24) is 5.32 Å². The summed E-state index contributed by atoms with van der Waals surface area (Å²) in [5.74, 6) is 2.13. The molecule has 1 aliphatic heterocycles. The second-order valence-corrected chi connectivity index (χ2v) is 10.6. The Labute approximate surface area is 272 Å². The van der Waals surface area contributed by atoms with E-state index in [1.165, 1.54) is 21.3 Å². The van der Waals surface area contributed by atoms with Crippen molar-refractivity contribution in [2.75, 3.05) is 39.9 Å². The summed E-state index contributed by atoms with van der Waals surface area (Å²) in [6, 6.07) is 19.9. The van der Waals surface area contributed by atoms with E-state index < -0.39 is 6.17 Å². The van der Waals surface area contributed by atoms with Crippen LogP contribution >= 0.6 is 0 Å². The lowest BCUT2D eigenvalue weighted by molar-refractivity contribution is 0.0935. The fraction of sp³-hybridized carbons (Fsp3) is 0.250. The van der Waals surface area contributed by atoms with Crippen LogP contribution in [-0.2, 0) is 19.8 Å². The van der Waals surface area contributed by atoms with Crippen molar-refractivity contribution >= 4 is 23.7 Å². The van der Waals surface area contributed by atoms with E-state index >= 15 is 0 Å². The van der Waals surface area contributed by atoms with Crippen molar-refractivity contribution in [3.8, 4) is 28.7 Å². The number of para-hydroxylation sites is 1. The molecule has 0 aliphatic carbocycles. The molecular formula is C36H38N2O9. The first-order valence-electron chi connectivity index (χ1n) is 14.9. The number of methoxy groups -OCH3 is 3. The number of carbonyl (C=O) groups is 1. The Kier molecular flexibility index (Phi) is 10.8. The van der Waals surface area contributed by atoms with Crippen molar-refractivity contribution in [1.29, 1.82) is 0 Å². The van der Waals surface area contributed by atoms with E-state index in [-0.39, 0.29) is 38.9 Å². The summed E-state index contributed by atoms with van der Waals surface area (Å²) in [5, 5.41) is 35.7. The number of rotatable bonds is 14. The van der Waals surface area contributed by atoms with Crippen molar-refractivity contribution < 1.29 is 43.8 Å². The van der Waals surface area contributed by atoms with E-state index in [2.05, 4.69) is 10.6 Å². The van der Waals surface area contributed by atoms with Gasteiger partial charge in [0.15, 0.2) is 11.5 Å².